The highest BCUT2D eigenvalue weighted by atomic mass is 32.2. The molecule has 5 heteroatoms. The average Bonchev–Trinajstić information content (AvgIpc) is 2.73. The number of halogens is 1. The van der Waals surface area contributed by atoms with Gasteiger partial charge in [-0.05, 0) is 56.5 Å². The monoisotopic (exact) mass is 338 g/mol. The molecular weight excluding hydrogens is 311 g/mol. The summed E-state index contributed by atoms with van der Waals surface area (Å²) in [5.41, 5.74) is 1.80. The smallest absolute Gasteiger partial charge is 0.180 e. The molecule has 1 atom stereocenters. The van der Waals surface area contributed by atoms with E-state index in [9.17, 15) is 9.50 Å². The maximum absolute atomic E-state index is 12.3. The zero-order chi connectivity index (χ0) is 16.1. The molecule has 1 N–H and O–H groups in total. The van der Waals surface area contributed by atoms with Gasteiger partial charge in [-0.15, -0.1) is 0 Å². The number of fused-ring (bicyclic) bond motifs is 1. The van der Waals surface area contributed by atoms with Crippen LogP contribution in [0.3, 0.4) is 0 Å². The lowest BCUT2D eigenvalue weighted by Gasteiger charge is -2.27. The Bertz CT molecular complexity index is 506. The summed E-state index contributed by atoms with van der Waals surface area (Å²) >= 11 is 1.51. The lowest BCUT2D eigenvalue weighted by molar-refractivity contribution is 0.240. The van der Waals surface area contributed by atoms with E-state index in [1.54, 1.807) is 0 Å². The number of thioether (sulfide) groups is 1. The van der Waals surface area contributed by atoms with Gasteiger partial charge in [0.15, 0.2) is 5.56 Å². The molecule has 3 rings (SSSR count). The zero-order valence-corrected chi connectivity index (χ0v) is 14.5. The largest absolute Gasteiger partial charge is 0.364 e. The van der Waals surface area contributed by atoms with Gasteiger partial charge in [0.25, 0.3) is 0 Å². The molecule has 128 valence electrons. The first-order chi connectivity index (χ1) is 11.3. The Morgan fingerprint density at radius 3 is 2.65 bits per heavy atom. The van der Waals surface area contributed by atoms with Gasteiger partial charge in [0.1, 0.15) is 0 Å². The summed E-state index contributed by atoms with van der Waals surface area (Å²) in [6, 6.07) is 6.28. The van der Waals surface area contributed by atoms with Crippen LogP contribution in [0.2, 0.25) is 0 Å². The number of nitrogens with zero attached hydrogens (tertiary/aromatic N) is 2. The second kappa shape index (κ2) is 8.36. The standard InChI is InChI=1S/C18H27FN2OS/c19-9-5-6-15-7-8-16-17(14-15)23-18(22)21(16)13-12-20-10-3-1-2-4-11-20/h7-8,14,18,22H,1-6,9-13H2. The van der Waals surface area contributed by atoms with Crippen LogP contribution < -0.4 is 4.90 Å². The van der Waals surface area contributed by atoms with Crippen LogP contribution in [0.1, 0.15) is 37.7 Å². The van der Waals surface area contributed by atoms with Crippen molar-refractivity contribution in [1.29, 1.82) is 0 Å². The quantitative estimate of drug-likeness (QED) is 0.856. The third-order valence-electron chi connectivity index (χ3n) is 4.79. The van der Waals surface area contributed by atoms with E-state index < -0.39 is 5.56 Å². The van der Waals surface area contributed by atoms with Crippen LogP contribution in [-0.2, 0) is 6.42 Å². The van der Waals surface area contributed by atoms with Crippen molar-refractivity contribution in [3.05, 3.63) is 23.8 Å². The molecule has 1 unspecified atom stereocenters. The van der Waals surface area contributed by atoms with Gasteiger partial charge >= 0.3 is 0 Å². The molecule has 0 bridgehead atoms. The predicted molar refractivity (Wildman–Crippen MR) is 94.9 cm³/mol. The number of rotatable bonds is 6. The number of benzene rings is 1. The van der Waals surface area contributed by atoms with Gasteiger partial charge < -0.3 is 14.9 Å². The first-order valence-corrected chi connectivity index (χ1v) is 9.68. The minimum Gasteiger partial charge on any atom is -0.364 e. The number of aryl methyl sites for hydroxylation is 1. The van der Waals surface area contributed by atoms with E-state index in [0.717, 1.165) is 35.7 Å². The third-order valence-corrected chi connectivity index (χ3v) is 5.83. The van der Waals surface area contributed by atoms with Crippen LogP contribution in [0.4, 0.5) is 10.1 Å². The van der Waals surface area contributed by atoms with Gasteiger partial charge in [-0.3, -0.25) is 4.39 Å². The molecule has 0 aliphatic carbocycles. The molecule has 0 amide bonds. The third kappa shape index (κ3) is 4.40. The zero-order valence-electron chi connectivity index (χ0n) is 13.7. The van der Waals surface area contributed by atoms with Crippen molar-refractivity contribution < 1.29 is 9.50 Å². The number of alkyl halides is 1. The van der Waals surface area contributed by atoms with Crippen LogP contribution in [0, 0.1) is 0 Å². The summed E-state index contributed by atoms with van der Waals surface area (Å²) in [4.78, 5) is 5.76. The molecule has 1 aromatic rings. The number of hydrogen-bond donors (Lipinski definition) is 1. The molecule has 2 aliphatic heterocycles. The Hall–Kier alpha value is -0.780. The molecule has 0 radical (unpaired) electrons. The molecular formula is C18H27FN2OS. The summed E-state index contributed by atoms with van der Waals surface area (Å²) in [7, 11) is 0. The topological polar surface area (TPSA) is 26.7 Å². The molecule has 0 aromatic heterocycles. The van der Waals surface area contributed by atoms with E-state index in [4.69, 9.17) is 0 Å². The van der Waals surface area contributed by atoms with Crippen molar-refractivity contribution in [3.63, 3.8) is 0 Å². The molecule has 23 heavy (non-hydrogen) atoms. The van der Waals surface area contributed by atoms with Crippen molar-refractivity contribution in [2.75, 3.05) is 37.8 Å². The minimum absolute atomic E-state index is 0.269. The number of anilines is 1. The Morgan fingerprint density at radius 1 is 1.13 bits per heavy atom. The average molecular weight is 338 g/mol. The van der Waals surface area contributed by atoms with Crippen LogP contribution >= 0.6 is 11.8 Å². The second-order valence-corrected chi connectivity index (χ2v) is 7.59. The first kappa shape index (κ1) is 17.1. The number of aliphatic hydroxyl groups is 1. The molecule has 1 aromatic carbocycles. The van der Waals surface area contributed by atoms with Gasteiger partial charge in [-0.25, -0.2) is 0 Å². The number of aliphatic hydroxyl groups excluding tert-OH is 1. The minimum atomic E-state index is -0.492. The maximum atomic E-state index is 12.3. The fraction of sp³-hybridized carbons (Fsp3) is 0.667. The van der Waals surface area contributed by atoms with Gasteiger partial charge in [-0.2, -0.15) is 0 Å². The van der Waals surface area contributed by atoms with Crippen molar-refractivity contribution in [2.45, 2.75) is 49.0 Å². The molecule has 3 nitrogen and oxygen atoms in total. The summed E-state index contributed by atoms with van der Waals surface area (Å²) in [5.74, 6) is 0. The highest BCUT2D eigenvalue weighted by Crippen LogP contribution is 2.42. The fourth-order valence-electron chi connectivity index (χ4n) is 3.45. The molecule has 2 heterocycles. The van der Waals surface area contributed by atoms with E-state index in [0.29, 0.717) is 6.42 Å². The van der Waals surface area contributed by atoms with Crippen LogP contribution in [-0.4, -0.2) is 48.4 Å². The van der Waals surface area contributed by atoms with Crippen molar-refractivity contribution in [1.82, 2.24) is 4.90 Å². The summed E-state index contributed by atoms with van der Waals surface area (Å²) < 4.78 is 12.3. The molecule has 1 fully saturated rings. The summed E-state index contributed by atoms with van der Waals surface area (Å²) in [6.45, 7) is 3.98. The Morgan fingerprint density at radius 2 is 1.91 bits per heavy atom. The van der Waals surface area contributed by atoms with Crippen LogP contribution in [0.25, 0.3) is 0 Å². The predicted octanol–water partition coefficient (Wildman–Crippen LogP) is 3.65. The number of hydrogen-bond acceptors (Lipinski definition) is 4. The molecule has 2 aliphatic rings. The summed E-state index contributed by atoms with van der Waals surface area (Å²) in [6.07, 6.45) is 6.64. The normalized spacial score (nSPS) is 22.2. The number of likely N-dealkylation sites (tertiary alicyclic amines) is 1. The first-order valence-electron chi connectivity index (χ1n) is 8.80. The van der Waals surface area contributed by atoms with Crippen LogP contribution in [0.5, 0.6) is 0 Å². The Kier molecular flexibility index (Phi) is 6.20. The van der Waals surface area contributed by atoms with Crippen molar-refractivity contribution in [3.8, 4) is 0 Å². The Labute approximate surface area is 142 Å². The van der Waals surface area contributed by atoms with E-state index >= 15 is 0 Å². The second-order valence-electron chi connectivity index (χ2n) is 6.49. The SMILES string of the molecule is OC1Sc2cc(CCCF)ccc2N1CCN1CCCCCC1. The van der Waals surface area contributed by atoms with E-state index in [-0.39, 0.29) is 6.67 Å². The van der Waals surface area contributed by atoms with Crippen LogP contribution in [0.15, 0.2) is 23.1 Å². The molecule has 0 saturated carbocycles. The highest BCUT2D eigenvalue weighted by molar-refractivity contribution is 8.00. The van der Waals surface area contributed by atoms with Gasteiger partial charge in [0.2, 0.25) is 0 Å². The van der Waals surface area contributed by atoms with E-state index in [1.165, 1.54) is 50.5 Å². The van der Waals surface area contributed by atoms with E-state index in [2.05, 4.69) is 28.0 Å². The van der Waals surface area contributed by atoms with Crippen molar-refractivity contribution in [2.24, 2.45) is 0 Å². The highest BCUT2D eigenvalue weighted by Gasteiger charge is 2.28. The molecule has 1 saturated heterocycles. The Balaban J connectivity index is 1.60. The maximum Gasteiger partial charge on any atom is 0.180 e. The van der Waals surface area contributed by atoms with Gasteiger partial charge in [0.05, 0.1) is 12.4 Å². The lowest BCUT2D eigenvalue weighted by Crippen LogP contribution is -2.38. The van der Waals surface area contributed by atoms with E-state index in [1.807, 2.05) is 0 Å². The fourth-order valence-corrected chi connectivity index (χ4v) is 4.55. The van der Waals surface area contributed by atoms with Crippen molar-refractivity contribution >= 4 is 17.4 Å². The molecule has 0 spiro atoms. The summed E-state index contributed by atoms with van der Waals surface area (Å²) in [5, 5.41) is 10.4. The lowest BCUT2D eigenvalue weighted by atomic mass is 10.1. The van der Waals surface area contributed by atoms with Gasteiger partial charge in [-0.1, -0.05) is 30.7 Å². The van der Waals surface area contributed by atoms with Gasteiger partial charge in [0, 0.05) is 18.0 Å².